The molecule has 0 radical (unpaired) electrons. The van der Waals surface area contributed by atoms with Crippen molar-refractivity contribution in [2.24, 2.45) is 22.1 Å². The minimum Gasteiger partial charge on any atom is -0.481 e. The highest BCUT2D eigenvalue weighted by Crippen LogP contribution is 2.41. The summed E-state index contributed by atoms with van der Waals surface area (Å²) >= 11 is 0. The molecule has 0 aromatic heterocycles. The Balaban J connectivity index is 0.000000172. The summed E-state index contributed by atoms with van der Waals surface area (Å²) in [4.78, 5) is 33.3. The standard InChI is InChI=1S/C12H19NO3.C10H15NO3/c1-3-15-11(14)10-4-6-12(7-5-10)8-9(2)13-16-12;1-7-6-10(14-11-7)4-2-8(3-5-10)9(12)13/h10H,3-8H2,1-2H3;8H,2-6H2,1H3,(H,12,13). The van der Waals surface area contributed by atoms with Gasteiger partial charge in [-0.3, -0.25) is 9.59 Å². The second-order valence-electron chi connectivity index (χ2n) is 9.19. The number of aliphatic carboxylic acids is 1. The molecule has 0 amide bonds. The van der Waals surface area contributed by atoms with Crippen LogP contribution < -0.4 is 0 Å². The molecular weight excluding hydrogens is 388 g/mol. The second kappa shape index (κ2) is 9.35. The van der Waals surface area contributed by atoms with Gasteiger partial charge in [0.25, 0.3) is 0 Å². The summed E-state index contributed by atoms with van der Waals surface area (Å²) < 4.78 is 5.05. The third-order valence-corrected chi connectivity index (χ3v) is 6.71. The van der Waals surface area contributed by atoms with Crippen molar-refractivity contribution in [3.05, 3.63) is 0 Å². The van der Waals surface area contributed by atoms with Crippen LogP contribution in [0.3, 0.4) is 0 Å². The Hall–Kier alpha value is -2.12. The van der Waals surface area contributed by atoms with E-state index in [4.69, 9.17) is 19.5 Å². The smallest absolute Gasteiger partial charge is 0.308 e. The molecule has 0 aromatic carbocycles. The molecule has 30 heavy (non-hydrogen) atoms. The summed E-state index contributed by atoms with van der Waals surface area (Å²) in [5, 5.41) is 16.8. The molecule has 0 bridgehead atoms. The van der Waals surface area contributed by atoms with Gasteiger partial charge < -0.3 is 19.5 Å². The van der Waals surface area contributed by atoms with Gasteiger partial charge in [0.2, 0.25) is 0 Å². The third-order valence-electron chi connectivity index (χ3n) is 6.71. The van der Waals surface area contributed by atoms with Crippen molar-refractivity contribution >= 4 is 23.4 Å². The topological polar surface area (TPSA) is 107 Å². The highest BCUT2D eigenvalue weighted by molar-refractivity contribution is 5.84. The van der Waals surface area contributed by atoms with Gasteiger partial charge in [-0.2, -0.15) is 0 Å². The van der Waals surface area contributed by atoms with Crippen molar-refractivity contribution < 1.29 is 29.1 Å². The Labute approximate surface area is 178 Å². The van der Waals surface area contributed by atoms with E-state index in [1.54, 1.807) is 0 Å². The van der Waals surface area contributed by atoms with Gasteiger partial charge in [0.1, 0.15) is 11.2 Å². The highest BCUT2D eigenvalue weighted by atomic mass is 16.7. The monoisotopic (exact) mass is 422 g/mol. The van der Waals surface area contributed by atoms with Gasteiger partial charge in [-0.1, -0.05) is 10.3 Å². The predicted octanol–water partition coefficient (Wildman–Crippen LogP) is 4.07. The van der Waals surface area contributed by atoms with Gasteiger partial charge >= 0.3 is 11.9 Å². The zero-order valence-corrected chi connectivity index (χ0v) is 18.3. The van der Waals surface area contributed by atoms with Gasteiger partial charge in [-0.05, 0) is 72.1 Å². The quantitative estimate of drug-likeness (QED) is 0.687. The molecule has 168 valence electrons. The molecule has 0 unspecified atom stereocenters. The van der Waals surface area contributed by atoms with E-state index in [9.17, 15) is 9.59 Å². The largest absolute Gasteiger partial charge is 0.481 e. The SMILES string of the molecule is CC1=NOC2(CCC(C(=O)O)CC2)C1.CCOC(=O)C1CCC2(CC1)CC(C)=NO2. The molecular formula is C22H34N2O6. The summed E-state index contributed by atoms with van der Waals surface area (Å²) in [5.74, 6) is -0.830. The van der Waals surface area contributed by atoms with Crippen LogP contribution in [0.4, 0.5) is 0 Å². The average molecular weight is 423 g/mol. The van der Waals surface area contributed by atoms with Crippen LogP contribution in [0, 0.1) is 11.8 Å². The molecule has 4 rings (SSSR count). The van der Waals surface area contributed by atoms with E-state index in [-0.39, 0.29) is 29.0 Å². The van der Waals surface area contributed by atoms with Crippen molar-refractivity contribution in [2.45, 2.75) is 96.2 Å². The van der Waals surface area contributed by atoms with Crippen molar-refractivity contribution in [1.82, 2.24) is 0 Å². The number of hydrogen-bond acceptors (Lipinski definition) is 7. The van der Waals surface area contributed by atoms with E-state index in [1.165, 1.54) is 0 Å². The maximum absolute atomic E-state index is 11.6. The molecule has 2 saturated carbocycles. The van der Waals surface area contributed by atoms with Gasteiger partial charge in [0, 0.05) is 12.8 Å². The first kappa shape index (κ1) is 22.6. The van der Waals surface area contributed by atoms with Crippen LogP contribution in [0.1, 0.15) is 85.0 Å². The lowest BCUT2D eigenvalue weighted by atomic mass is 9.77. The number of ether oxygens (including phenoxy) is 1. The van der Waals surface area contributed by atoms with Gasteiger partial charge in [-0.25, -0.2) is 0 Å². The summed E-state index contributed by atoms with van der Waals surface area (Å²) in [6, 6.07) is 0. The molecule has 2 heterocycles. The van der Waals surface area contributed by atoms with Crippen LogP contribution in [-0.2, 0) is 24.0 Å². The number of carboxylic acid groups (broad SMARTS) is 1. The lowest BCUT2D eigenvalue weighted by Crippen LogP contribution is -2.36. The van der Waals surface area contributed by atoms with Crippen LogP contribution in [-0.4, -0.2) is 46.3 Å². The number of hydrogen-bond donors (Lipinski definition) is 1. The first-order valence-electron chi connectivity index (χ1n) is 11.1. The average Bonchev–Trinajstić information content (AvgIpc) is 3.26. The highest BCUT2D eigenvalue weighted by Gasteiger charge is 2.44. The Kier molecular flexibility index (Phi) is 7.03. The first-order chi connectivity index (χ1) is 14.3. The van der Waals surface area contributed by atoms with Crippen molar-refractivity contribution in [3.8, 4) is 0 Å². The molecule has 0 aromatic rings. The Morgan fingerprint density at radius 2 is 1.37 bits per heavy atom. The van der Waals surface area contributed by atoms with E-state index in [2.05, 4.69) is 10.3 Å². The number of oxime groups is 2. The normalized spacial score (nSPS) is 34.9. The lowest BCUT2D eigenvalue weighted by molar-refractivity contribution is -0.152. The van der Waals surface area contributed by atoms with E-state index >= 15 is 0 Å². The summed E-state index contributed by atoms with van der Waals surface area (Å²) in [6.45, 7) is 6.27. The number of carbonyl (C=O) groups is 2. The van der Waals surface area contributed by atoms with Crippen LogP contribution in [0.25, 0.3) is 0 Å². The zero-order valence-electron chi connectivity index (χ0n) is 18.3. The van der Waals surface area contributed by atoms with E-state index in [1.807, 2.05) is 20.8 Å². The zero-order chi connectivity index (χ0) is 21.8. The third kappa shape index (κ3) is 5.32. The fraction of sp³-hybridized carbons (Fsp3) is 0.818. The van der Waals surface area contributed by atoms with Crippen LogP contribution >= 0.6 is 0 Å². The number of rotatable bonds is 3. The molecule has 8 heteroatoms. The minimum atomic E-state index is -0.671. The molecule has 2 aliphatic heterocycles. The number of carboxylic acids is 1. The van der Waals surface area contributed by atoms with Crippen LogP contribution in [0.5, 0.6) is 0 Å². The van der Waals surface area contributed by atoms with Gasteiger partial charge in [-0.15, -0.1) is 0 Å². The van der Waals surface area contributed by atoms with Crippen molar-refractivity contribution in [2.75, 3.05) is 6.61 Å². The Morgan fingerprint density at radius 1 is 0.933 bits per heavy atom. The Morgan fingerprint density at radius 3 is 1.70 bits per heavy atom. The number of esters is 1. The summed E-state index contributed by atoms with van der Waals surface area (Å²) in [5.41, 5.74) is 1.83. The van der Waals surface area contributed by atoms with Crippen molar-refractivity contribution in [1.29, 1.82) is 0 Å². The molecule has 2 aliphatic carbocycles. The summed E-state index contributed by atoms with van der Waals surface area (Å²) in [7, 11) is 0. The molecule has 0 saturated heterocycles. The predicted molar refractivity (Wildman–Crippen MR) is 111 cm³/mol. The second-order valence-corrected chi connectivity index (χ2v) is 9.19. The molecule has 2 fully saturated rings. The number of nitrogens with zero attached hydrogens (tertiary/aromatic N) is 2. The van der Waals surface area contributed by atoms with E-state index in [0.29, 0.717) is 6.61 Å². The molecule has 0 atom stereocenters. The molecule has 2 spiro atoms. The Bertz CT molecular complexity index is 700. The number of carbonyl (C=O) groups excluding carboxylic acids is 1. The summed E-state index contributed by atoms with van der Waals surface area (Å²) in [6.07, 6.45) is 8.44. The first-order valence-corrected chi connectivity index (χ1v) is 11.1. The lowest BCUT2D eigenvalue weighted by Gasteiger charge is -2.33. The van der Waals surface area contributed by atoms with Crippen molar-refractivity contribution in [3.63, 3.8) is 0 Å². The van der Waals surface area contributed by atoms with Crippen LogP contribution in [0.2, 0.25) is 0 Å². The van der Waals surface area contributed by atoms with E-state index < -0.39 is 5.97 Å². The maximum atomic E-state index is 11.6. The van der Waals surface area contributed by atoms with Crippen LogP contribution in [0.15, 0.2) is 10.3 Å². The van der Waals surface area contributed by atoms with Gasteiger partial charge in [0.15, 0.2) is 0 Å². The fourth-order valence-electron chi connectivity index (χ4n) is 4.98. The maximum Gasteiger partial charge on any atom is 0.308 e. The fourth-order valence-corrected chi connectivity index (χ4v) is 4.98. The van der Waals surface area contributed by atoms with E-state index in [0.717, 1.165) is 75.6 Å². The molecule has 1 N–H and O–H groups in total. The van der Waals surface area contributed by atoms with Gasteiger partial charge in [0.05, 0.1) is 29.9 Å². The molecule has 8 nitrogen and oxygen atoms in total. The minimum absolute atomic E-state index is 0.0482. The molecule has 4 aliphatic rings.